The van der Waals surface area contributed by atoms with E-state index < -0.39 is 0 Å². The Morgan fingerprint density at radius 3 is 2.95 bits per heavy atom. The van der Waals surface area contributed by atoms with Crippen LogP contribution in [0.25, 0.3) is 0 Å². The summed E-state index contributed by atoms with van der Waals surface area (Å²) in [5, 5.41) is 0. The summed E-state index contributed by atoms with van der Waals surface area (Å²) in [4.78, 5) is 31.5. The quantitative estimate of drug-likeness (QED) is 0.812. The summed E-state index contributed by atoms with van der Waals surface area (Å²) >= 11 is 0. The number of aromatic nitrogens is 1. The molecule has 1 atom stereocenters. The Bertz CT molecular complexity index is 461. The van der Waals surface area contributed by atoms with Crippen LogP contribution in [0.1, 0.15) is 18.5 Å². The molecular formula is C14H19N3O2. The molecule has 0 N–H and O–H groups in total. The van der Waals surface area contributed by atoms with Gasteiger partial charge in [-0.2, -0.15) is 0 Å². The highest BCUT2D eigenvalue weighted by Gasteiger charge is 2.30. The molecule has 2 heterocycles. The molecule has 2 amide bonds. The molecule has 1 aromatic heterocycles. The molecule has 1 fully saturated rings. The third-order valence-corrected chi connectivity index (χ3v) is 3.51. The van der Waals surface area contributed by atoms with Crippen molar-refractivity contribution < 1.29 is 9.59 Å². The van der Waals surface area contributed by atoms with Gasteiger partial charge in [0.15, 0.2) is 0 Å². The van der Waals surface area contributed by atoms with Gasteiger partial charge in [0.25, 0.3) is 0 Å². The fourth-order valence-corrected chi connectivity index (χ4v) is 2.28. The molecule has 5 heteroatoms. The zero-order valence-electron chi connectivity index (χ0n) is 11.4. The van der Waals surface area contributed by atoms with Crippen molar-refractivity contribution in [3.63, 3.8) is 0 Å². The van der Waals surface area contributed by atoms with Crippen LogP contribution in [-0.4, -0.2) is 47.2 Å². The van der Waals surface area contributed by atoms with E-state index in [0.717, 1.165) is 12.1 Å². The van der Waals surface area contributed by atoms with Crippen molar-refractivity contribution in [2.24, 2.45) is 5.92 Å². The van der Waals surface area contributed by atoms with Crippen molar-refractivity contribution in [2.75, 3.05) is 20.6 Å². The van der Waals surface area contributed by atoms with E-state index in [4.69, 9.17) is 0 Å². The zero-order valence-corrected chi connectivity index (χ0v) is 11.4. The average molecular weight is 261 g/mol. The molecule has 0 saturated carbocycles. The molecule has 102 valence electrons. The van der Waals surface area contributed by atoms with Crippen LogP contribution in [0.3, 0.4) is 0 Å². The largest absolute Gasteiger partial charge is 0.346 e. The smallest absolute Gasteiger partial charge is 0.226 e. The number of carbonyl (C=O) groups is 2. The number of nitrogens with zero attached hydrogens (tertiary/aromatic N) is 3. The van der Waals surface area contributed by atoms with Crippen LogP contribution in [0.15, 0.2) is 24.4 Å². The molecule has 0 aliphatic carbocycles. The van der Waals surface area contributed by atoms with Crippen LogP contribution >= 0.6 is 0 Å². The van der Waals surface area contributed by atoms with Gasteiger partial charge in [-0.05, 0) is 18.6 Å². The van der Waals surface area contributed by atoms with Crippen LogP contribution in [0.5, 0.6) is 0 Å². The molecule has 2 rings (SSSR count). The Morgan fingerprint density at radius 1 is 1.53 bits per heavy atom. The van der Waals surface area contributed by atoms with Crippen molar-refractivity contribution in [1.82, 2.24) is 14.8 Å². The van der Waals surface area contributed by atoms with Crippen LogP contribution in [-0.2, 0) is 16.1 Å². The van der Waals surface area contributed by atoms with E-state index in [-0.39, 0.29) is 17.7 Å². The number of hydrogen-bond donors (Lipinski definition) is 0. The summed E-state index contributed by atoms with van der Waals surface area (Å²) in [6.45, 7) is 1.15. The van der Waals surface area contributed by atoms with Crippen molar-refractivity contribution in [1.29, 1.82) is 0 Å². The fourth-order valence-electron chi connectivity index (χ4n) is 2.28. The monoisotopic (exact) mass is 261 g/mol. The van der Waals surface area contributed by atoms with Crippen molar-refractivity contribution >= 4 is 11.8 Å². The normalized spacial score (nSPS) is 19.4. The number of amides is 2. The standard InChI is InChI=1S/C14H19N3O2/c1-16-8-6-11(9-13(16)18)14(19)17(2)10-12-5-3-4-7-15-12/h3-5,7,11H,6,8-10H2,1-2H3. The summed E-state index contributed by atoms with van der Waals surface area (Å²) in [5.74, 6) is -0.0969. The first-order valence-electron chi connectivity index (χ1n) is 6.47. The molecule has 1 aliphatic rings. The van der Waals surface area contributed by atoms with Gasteiger partial charge in [0, 0.05) is 39.2 Å². The minimum atomic E-state index is -0.183. The van der Waals surface area contributed by atoms with E-state index in [2.05, 4.69) is 4.98 Å². The predicted octanol–water partition coefficient (Wildman–Crippen LogP) is 0.908. The van der Waals surface area contributed by atoms with Crippen LogP contribution < -0.4 is 0 Å². The molecular weight excluding hydrogens is 242 g/mol. The van der Waals surface area contributed by atoms with Crippen molar-refractivity contribution in [2.45, 2.75) is 19.4 Å². The molecule has 0 spiro atoms. The zero-order chi connectivity index (χ0) is 13.8. The lowest BCUT2D eigenvalue weighted by atomic mass is 9.95. The van der Waals surface area contributed by atoms with Gasteiger partial charge in [-0.15, -0.1) is 0 Å². The van der Waals surface area contributed by atoms with E-state index in [1.165, 1.54) is 0 Å². The first-order chi connectivity index (χ1) is 9.08. The molecule has 0 bridgehead atoms. The van der Waals surface area contributed by atoms with Crippen LogP contribution in [0.4, 0.5) is 0 Å². The first kappa shape index (κ1) is 13.5. The average Bonchev–Trinajstić information content (AvgIpc) is 2.42. The SMILES string of the molecule is CN1CCC(C(=O)N(C)Cc2ccccn2)CC1=O. The molecule has 5 nitrogen and oxygen atoms in total. The van der Waals surface area contributed by atoms with E-state index in [0.29, 0.717) is 19.5 Å². The summed E-state index contributed by atoms with van der Waals surface area (Å²) in [6, 6.07) is 5.64. The van der Waals surface area contributed by atoms with E-state index in [9.17, 15) is 9.59 Å². The molecule has 19 heavy (non-hydrogen) atoms. The number of piperidine rings is 1. The van der Waals surface area contributed by atoms with Gasteiger partial charge in [-0.1, -0.05) is 6.07 Å². The molecule has 1 aromatic rings. The lowest BCUT2D eigenvalue weighted by Crippen LogP contribution is -2.42. The number of rotatable bonds is 3. The van der Waals surface area contributed by atoms with Crippen molar-refractivity contribution in [3.8, 4) is 0 Å². The summed E-state index contributed by atoms with van der Waals surface area (Å²) in [6.07, 6.45) is 2.78. The van der Waals surface area contributed by atoms with Gasteiger partial charge in [-0.3, -0.25) is 14.6 Å². The highest BCUT2D eigenvalue weighted by atomic mass is 16.2. The van der Waals surface area contributed by atoms with Gasteiger partial charge < -0.3 is 9.80 Å². The number of likely N-dealkylation sites (tertiary alicyclic amines) is 1. The Kier molecular flexibility index (Phi) is 4.14. The van der Waals surface area contributed by atoms with E-state index in [1.54, 1.807) is 30.1 Å². The molecule has 0 radical (unpaired) electrons. The topological polar surface area (TPSA) is 53.5 Å². The molecule has 1 unspecified atom stereocenters. The second kappa shape index (κ2) is 5.82. The van der Waals surface area contributed by atoms with Crippen LogP contribution in [0.2, 0.25) is 0 Å². The van der Waals surface area contributed by atoms with Gasteiger partial charge in [0.2, 0.25) is 11.8 Å². The fraction of sp³-hybridized carbons (Fsp3) is 0.500. The lowest BCUT2D eigenvalue weighted by Gasteiger charge is -2.30. The maximum Gasteiger partial charge on any atom is 0.226 e. The van der Waals surface area contributed by atoms with Crippen molar-refractivity contribution in [3.05, 3.63) is 30.1 Å². The third-order valence-electron chi connectivity index (χ3n) is 3.51. The summed E-state index contributed by atoms with van der Waals surface area (Å²) in [7, 11) is 3.54. The minimum absolute atomic E-state index is 0.0344. The maximum absolute atomic E-state index is 12.3. The molecule has 1 aliphatic heterocycles. The highest BCUT2D eigenvalue weighted by molar-refractivity contribution is 5.86. The van der Waals surface area contributed by atoms with Crippen LogP contribution in [0, 0.1) is 5.92 Å². The Labute approximate surface area is 113 Å². The summed E-state index contributed by atoms with van der Waals surface area (Å²) in [5.41, 5.74) is 0.859. The third kappa shape index (κ3) is 3.30. The Balaban J connectivity index is 1.94. The first-order valence-corrected chi connectivity index (χ1v) is 6.47. The molecule has 1 saturated heterocycles. The number of carbonyl (C=O) groups excluding carboxylic acids is 2. The Morgan fingerprint density at radius 2 is 2.32 bits per heavy atom. The van der Waals surface area contributed by atoms with E-state index >= 15 is 0 Å². The van der Waals surface area contributed by atoms with Gasteiger partial charge in [-0.25, -0.2) is 0 Å². The Hall–Kier alpha value is -1.91. The molecule has 0 aromatic carbocycles. The number of hydrogen-bond acceptors (Lipinski definition) is 3. The maximum atomic E-state index is 12.3. The summed E-state index contributed by atoms with van der Waals surface area (Å²) < 4.78 is 0. The second-order valence-corrected chi connectivity index (χ2v) is 5.02. The second-order valence-electron chi connectivity index (χ2n) is 5.02. The van der Waals surface area contributed by atoms with Gasteiger partial charge >= 0.3 is 0 Å². The lowest BCUT2D eigenvalue weighted by molar-refractivity contribution is -0.143. The predicted molar refractivity (Wildman–Crippen MR) is 71.1 cm³/mol. The van der Waals surface area contributed by atoms with Gasteiger partial charge in [0.05, 0.1) is 12.2 Å². The van der Waals surface area contributed by atoms with Gasteiger partial charge in [0.1, 0.15) is 0 Å². The highest BCUT2D eigenvalue weighted by Crippen LogP contribution is 2.19. The minimum Gasteiger partial charge on any atom is -0.346 e. The number of pyridine rings is 1. The van der Waals surface area contributed by atoms with E-state index in [1.807, 2.05) is 18.2 Å².